The fourth-order valence-electron chi connectivity index (χ4n) is 3.94. The zero-order chi connectivity index (χ0) is 20.6. The summed E-state index contributed by atoms with van der Waals surface area (Å²) < 4.78 is 27.7. The van der Waals surface area contributed by atoms with E-state index in [4.69, 9.17) is 5.10 Å². The molecule has 1 aromatic heterocycles. The Morgan fingerprint density at radius 2 is 1.79 bits per heavy atom. The van der Waals surface area contributed by atoms with E-state index in [2.05, 4.69) is 16.1 Å². The van der Waals surface area contributed by atoms with E-state index in [1.54, 1.807) is 12.1 Å². The molecule has 8 heteroatoms. The van der Waals surface area contributed by atoms with Crippen LogP contribution in [0.5, 0.6) is 0 Å². The summed E-state index contributed by atoms with van der Waals surface area (Å²) in [5.74, 6) is 0.390. The second-order valence-corrected chi connectivity index (χ2v) is 10.4. The summed E-state index contributed by atoms with van der Waals surface area (Å²) in [5.41, 5.74) is 2.64. The average Bonchev–Trinajstić information content (AvgIpc) is 3.24. The molecule has 2 aromatic rings. The Labute approximate surface area is 172 Å². The van der Waals surface area contributed by atoms with Crippen molar-refractivity contribution in [2.75, 3.05) is 14.1 Å². The summed E-state index contributed by atoms with van der Waals surface area (Å²) >= 11 is 0. The fraction of sp³-hybridized carbons (Fsp3) is 0.524. The van der Waals surface area contributed by atoms with E-state index < -0.39 is 10.0 Å². The predicted octanol–water partition coefficient (Wildman–Crippen LogP) is 3.06. The Bertz CT molecular complexity index is 985. The van der Waals surface area contributed by atoms with E-state index in [1.807, 2.05) is 0 Å². The molecule has 2 saturated carbocycles. The van der Waals surface area contributed by atoms with Gasteiger partial charge in [0, 0.05) is 31.3 Å². The highest BCUT2D eigenvalue weighted by atomic mass is 32.2. The van der Waals surface area contributed by atoms with Gasteiger partial charge in [0.15, 0.2) is 0 Å². The van der Waals surface area contributed by atoms with Crippen LogP contribution in [0, 0.1) is 0 Å². The molecule has 156 valence electrons. The highest BCUT2D eigenvalue weighted by molar-refractivity contribution is 7.89. The molecular weight excluding hydrogens is 388 g/mol. The molecule has 2 aliphatic carbocycles. The molecule has 1 aromatic carbocycles. The lowest BCUT2D eigenvalue weighted by atomic mass is 10.2. The zero-order valence-electron chi connectivity index (χ0n) is 17.0. The van der Waals surface area contributed by atoms with Gasteiger partial charge in [0.2, 0.25) is 10.0 Å². The highest BCUT2D eigenvalue weighted by Crippen LogP contribution is 2.43. The molecule has 1 heterocycles. The van der Waals surface area contributed by atoms with E-state index in [1.165, 1.54) is 70.4 Å². The van der Waals surface area contributed by atoms with Crippen molar-refractivity contribution in [3.05, 3.63) is 47.3 Å². The van der Waals surface area contributed by atoms with Gasteiger partial charge < -0.3 is 5.32 Å². The van der Waals surface area contributed by atoms with Gasteiger partial charge in [-0.2, -0.15) is 5.10 Å². The third-order valence-corrected chi connectivity index (χ3v) is 7.64. The van der Waals surface area contributed by atoms with Gasteiger partial charge in [-0.3, -0.25) is 9.48 Å². The van der Waals surface area contributed by atoms with Gasteiger partial charge >= 0.3 is 0 Å². The summed E-state index contributed by atoms with van der Waals surface area (Å²) in [7, 11) is -0.533. The number of benzene rings is 1. The molecule has 2 fully saturated rings. The molecule has 1 N–H and O–H groups in total. The number of hydrogen-bond acceptors (Lipinski definition) is 4. The van der Waals surface area contributed by atoms with Crippen molar-refractivity contribution >= 4 is 15.9 Å². The number of nitrogens with zero attached hydrogens (tertiary/aromatic N) is 3. The number of nitrogens with one attached hydrogen (secondary N) is 1. The van der Waals surface area contributed by atoms with Crippen molar-refractivity contribution in [1.82, 2.24) is 19.4 Å². The maximum Gasteiger partial charge on any atom is 0.251 e. The Morgan fingerprint density at radius 3 is 2.38 bits per heavy atom. The molecule has 0 aliphatic heterocycles. The van der Waals surface area contributed by atoms with Gasteiger partial charge in [0.05, 0.1) is 23.2 Å². The van der Waals surface area contributed by atoms with Gasteiger partial charge in [-0.25, -0.2) is 12.7 Å². The maximum atomic E-state index is 12.5. The Morgan fingerprint density at radius 1 is 1.14 bits per heavy atom. The lowest BCUT2D eigenvalue weighted by Gasteiger charge is -2.13. The number of carbonyl (C=O) groups is 1. The van der Waals surface area contributed by atoms with Crippen LogP contribution in [0.3, 0.4) is 0 Å². The molecule has 0 spiro atoms. The van der Waals surface area contributed by atoms with Crippen LogP contribution in [0.25, 0.3) is 0 Å². The van der Waals surface area contributed by atoms with Crippen LogP contribution < -0.4 is 5.32 Å². The summed E-state index contributed by atoms with van der Waals surface area (Å²) in [6, 6.07) is 8.65. The fourth-order valence-corrected chi connectivity index (χ4v) is 4.84. The molecule has 1 amide bonds. The van der Waals surface area contributed by atoms with Crippen LogP contribution in [0.1, 0.15) is 72.2 Å². The third kappa shape index (κ3) is 4.23. The monoisotopic (exact) mass is 416 g/mol. The number of carbonyl (C=O) groups excluding carboxylic acids is 1. The zero-order valence-corrected chi connectivity index (χ0v) is 17.8. The van der Waals surface area contributed by atoms with E-state index in [9.17, 15) is 13.2 Å². The number of aromatic nitrogens is 2. The number of rotatable bonds is 7. The van der Waals surface area contributed by atoms with Crippen molar-refractivity contribution in [1.29, 1.82) is 0 Å². The van der Waals surface area contributed by atoms with E-state index in [0.29, 0.717) is 24.1 Å². The van der Waals surface area contributed by atoms with Gasteiger partial charge in [0.1, 0.15) is 0 Å². The van der Waals surface area contributed by atoms with Gasteiger partial charge in [-0.1, -0.05) is 12.8 Å². The van der Waals surface area contributed by atoms with E-state index >= 15 is 0 Å². The first-order valence-electron chi connectivity index (χ1n) is 10.3. The normalized spacial score (nSPS) is 17.8. The molecule has 0 saturated heterocycles. The van der Waals surface area contributed by atoms with Crippen molar-refractivity contribution in [3.63, 3.8) is 0 Å². The first-order valence-corrected chi connectivity index (χ1v) is 11.7. The van der Waals surface area contributed by atoms with Crippen LogP contribution in [0.15, 0.2) is 35.2 Å². The summed E-state index contributed by atoms with van der Waals surface area (Å²) in [5, 5.41) is 7.71. The van der Waals surface area contributed by atoms with Crippen molar-refractivity contribution in [3.8, 4) is 0 Å². The standard InChI is InChI=1S/C21H28N4O3S/c1-24(2)29(27,28)19-11-9-16(10-12-19)21(26)22-14-17-13-20(15-7-8-15)25(23-17)18-5-3-4-6-18/h9-13,15,18H,3-8,14H2,1-2H3,(H,22,26). The number of sulfonamides is 1. The minimum absolute atomic E-state index is 0.170. The molecule has 4 rings (SSSR count). The van der Waals surface area contributed by atoms with E-state index in [-0.39, 0.29) is 10.8 Å². The van der Waals surface area contributed by atoms with Crippen LogP contribution in [-0.2, 0) is 16.6 Å². The number of amides is 1. The largest absolute Gasteiger partial charge is 0.346 e. The van der Waals surface area contributed by atoms with Crippen LogP contribution >= 0.6 is 0 Å². The molecule has 0 unspecified atom stereocenters. The highest BCUT2D eigenvalue weighted by Gasteiger charge is 2.31. The molecule has 0 radical (unpaired) electrons. The number of hydrogen-bond donors (Lipinski definition) is 1. The topological polar surface area (TPSA) is 84.3 Å². The molecule has 29 heavy (non-hydrogen) atoms. The lowest BCUT2D eigenvalue weighted by molar-refractivity contribution is 0.0950. The van der Waals surface area contributed by atoms with Crippen molar-refractivity contribution < 1.29 is 13.2 Å². The van der Waals surface area contributed by atoms with Gasteiger partial charge in [0.25, 0.3) is 5.91 Å². The molecular formula is C21H28N4O3S. The summed E-state index contributed by atoms with van der Waals surface area (Å²) in [6.07, 6.45) is 7.37. The molecule has 2 aliphatic rings. The Balaban J connectivity index is 1.43. The second kappa shape index (κ2) is 7.91. The van der Waals surface area contributed by atoms with Crippen molar-refractivity contribution in [2.45, 2.75) is 61.9 Å². The average molecular weight is 417 g/mol. The van der Waals surface area contributed by atoms with E-state index in [0.717, 1.165) is 10.00 Å². The van der Waals surface area contributed by atoms with Gasteiger partial charge in [-0.05, 0) is 56.0 Å². The van der Waals surface area contributed by atoms with Gasteiger partial charge in [-0.15, -0.1) is 0 Å². The first-order chi connectivity index (χ1) is 13.9. The second-order valence-electron chi connectivity index (χ2n) is 8.21. The molecule has 7 nitrogen and oxygen atoms in total. The summed E-state index contributed by atoms with van der Waals surface area (Å²) in [6.45, 7) is 0.371. The Hall–Kier alpha value is -2.19. The minimum atomic E-state index is -3.50. The van der Waals surface area contributed by atoms with Crippen LogP contribution in [0.2, 0.25) is 0 Å². The molecule has 0 bridgehead atoms. The quantitative estimate of drug-likeness (QED) is 0.752. The Kier molecular flexibility index (Phi) is 5.48. The molecule has 0 atom stereocenters. The SMILES string of the molecule is CN(C)S(=O)(=O)c1ccc(C(=O)NCc2cc(C3CC3)n(C3CCCC3)n2)cc1. The smallest absolute Gasteiger partial charge is 0.251 e. The van der Waals surface area contributed by atoms with Crippen LogP contribution in [-0.4, -0.2) is 42.5 Å². The summed E-state index contributed by atoms with van der Waals surface area (Å²) in [4.78, 5) is 12.7. The third-order valence-electron chi connectivity index (χ3n) is 5.81. The lowest BCUT2D eigenvalue weighted by Crippen LogP contribution is -2.24. The maximum absolute atomic E-state index is 12.5. The predicted molar refractivity (Wildman–Crippen MR) is 110 cm³/mol. The van der Waals surface area contributed by atoms with Crippen LogP contribution in [0.4, 0.5) is 0 Å². The van der Waals surface area contributed by atoms with Crippen molar-refractivity contribution in [2.24, 2.45) is 0 Å². The first kappa shape index (κ1) is 20.1. The minimum Gasteiger partial charge on any atom is -0.346 e.